The van der Waals surface area contributed by atoms with E-state index in [-0.39, 0.29) is 0 Å². The van der Waals surface area contributed by atoms with Gasteiger partial charge < -0.3 is 14.8 Å². The number of rotatable bonds is 5. The van der Waals surface area contributed by atoms with Gasteiger partial charge >= 0.3 is 0 Å². The monoisotopic (exact) mass is 452 g/mol. The smallest absolute Gasteiger partial charge is 0.159 e. The molecule has 5 heterocycles. The molecule has 2 N–H and O–H groups in total. The summed E-state index contributed by atoms with van der Waals surface area (Å²) in [5.41, 5.74) is 7.93. The second-order valence-corrected chi connectivity index (χ2v) is 9.31. The summed E-state index contributed by atoms with van der Waals surface area (Å²) in [6.45, 7) is 3.00. The lowest BCUT2D eigenvalue weighted by Crippen LogP contribution is -2.29. The number of fused-ring (bicyclic) bond motifs is 2. The van der Waals surface area contributed by atoms with Crippen LogP contribution in [0, 0.1) is 0 Å². The number of imidazole rings is 1. The number of hydrogen-bond donors (Lipinski definition) is 2. The first-order valence-electron chi connectivity index (χ1n) is 11.8. The first kappa shape index (κ1) is 20.8. The van der Waals surface area contributed by atoms with Crippen LogP contribution in [0.25, 0.3) is 44.7 Å². The molecule has 1 fully saturated rings. The Labute approximate surface area is 198 Å². The van der Waals surface area contributed by atoms with Crippen LogP contribution in [0.15, 0.2) is 48.9 Å². The largest absolute Gasteiger partial charge is 0.370 e. The number of aromatic nitrogens is 6. The zero-order valence-electron chi connectivity index (χ0n) is 19.5. The minimum Gasteiger partial charge on any atom is -0.370 e. The summed E-state index contributed by atoms with van der Waals surface area (Å²) in [7, 11) is 4.11. The van der Waals surface area contributed by atoms with Crippen molar-refractivity contribution >= 4 is 27.6 Å². The van der Waals surface area contributed by atoms with Gasteiger partial charge in [-0.25, -0.2) is 4.98 Å². The fourth-order valence-corrected chi connectivity index (χ4v) is 4.85. The van der Waals surface area contributed by atoms with Crippen molar-refractivity contribution in [2.45, 2.75) is 25.8 Å². The normalized spacial score (nSPS) is 14.5. The summed E-state index contributed by atoms with van der Waals surface area (Å²) in [5.74, 6) is 0.766. The van der Waals surface area contributed by atoms with Gasteiger partial charge in [0.1, 0.15) is 11.2 Å². The van der Waals surface area contributed by atoms with Gasteiger partial charge in [-0.05, 0) is 63.2 Å². The first-order valence-corrected chi connectivity index (χ1v) is 11.8. The van der Waals surface area contributed by atoms with E-state index in [1.807, 2.05) is 18.6 Å². The van der Waals surface area contributed by atoms with E-state index in [0.717, 1.165) is 69.9 Å². The quantitative estimate of drug-likeness (QED) is 0.405. The molecule has 5 aromatic rings. The minimum atomic E-state index is 0.766. The van der Waals surface area contributed by atoms with E-state index >= 15 is 0 Å². The van der Waals surface area contributed by atoms with Gasteiger partial charge in [0.05, 0.1) is 28.6 Å². The van der Waals surface area contributed by atoms with Gasteiger partial charge in [-0.3, -0.25) is 15.1 Å². The van der Waals surface area contributed by atoms with E-state index in [1.165, 1.54) is 24.9 Å². The Balaban J connectivity index is 1.41. The van der Waals surface area contributed by atoms with Gasteiger partial charge in [0.15, 0.2) is 5.82 Å². The Morgan fingerprint density at radius 2 is 1.88 bits per heavy atom. The fourth-order valence-electron chi connectivity index (χ4n) is 4.85. The van der Waals surface area contributed by atoms with Crippen molar-refractivity contribution in [2.24, 2.45) is 0 Å². The molecular weight excluding hydrogens is 424 g/mol. The summed E-state index contributed by atoms with van der Waals surface area (Å²) in [5, 5.41) is 8.71. The number of piperidine rings is 1. The maximum Gasteiger partial charge on any atom is 0.159 e. The second kappa shape index (κ2) is 8.53. The predicted molar refractivity (Wildman–Crippen MR) is 136 cm³/mol. The van der Waals surface area contributed by atoms with Crippen LogP contribution >= 0.6 is 0 Å². The molecule has 8 heteroatoms. The van der Waals surface area contributed by atoms with Gasteiger partial charge in [-0.15, -0.1) is 0 Å². The Morgan fingerprint density at radius 1 is 1.00 bits per heavy atom. The van der Waals surface area contributed by atoms with Crippen molar-refractivity contribution in [3.05, 3.63) is 54.5 Å². The van der Waals surface area contributed by atoms with Crippen LogP contribution in [0.5, 0.6) is 0 Å². The van der Waals surface area contributed by atoms with Gasteiger partial charge in [0, 0.05) is 43.0 Å². The van der Waals surface area contributed by atoms with Crippen LogP contribution in [0.4, 0.5) is 5.69 Å². The zero-order valence-corrected chi connectivity index (χ0v) is 19.5. The SMILES string of the molecule is CN(C)Cc1cncc(-c2cc3c(-c4nc5c(N6CCCCC6)cccc5[nH]4)n[nH]c3cn2)c1. The number of nitrogens with one attached hydrogen (secondary N) is 2. The van der Waals surface area contributed by atoms with E-state index in [9.17, 15) is 0 Å². The highest BCUT2D eigenvalue weighted by molar-refractivity contribution is 5.96. The van der Waals surface area contributed by atoms with Crippen LogP contribution in [0.1, 0.15) is 24.8 Å². The highest BCUT2D eigenvalue weighted by atomic mass is 15.2. The number of benzene rings is 1. The molecule has 1 aliphatic rings. The maximum atomic E-state index is 5.01. The van der Waals surface area contributed by atoms with Gasteiger partial charge in [-0.2, -0.15) is 5.10 Å². The van der Waals surface area contributed by atoms with Gasteiger partial charge in [0.2, 0.25) is 0 Å². The minimum absolute atomic E-state index is 0.766. The van der Waals surface area contributed by atoms with Crippen molar-refractivity contribution < 1.29 is 0 Å². The lowest BCUT2D eigenvalue weighted by molar-refractivity contribution is 0.402. The highest BCUT2D eigenvalue weighted by Crippen LogP contribution is 2.32. The number of para-hydroxylation sites is 1. The average Bonchev–Trinajstić information content (AvgIpc) is 3.48. The first-order chi connectivity index (χ1) is 16.7. The van der Waals surface area contributed by atoms with Crippen molar-refractivity contribution in [1.29, 1.82) is 0 Å². The highest BCUT2D eigenvalue weighted by Gasteiger charge is 2.19. The zero-order chi connectivity index (χ0) is 23.1. The van der Waals surface area contributed by atoms with Crippen LogP contribution < -0.4 is 4.90 Å². The maximum absolute atomic E-state index is 5.01. The molecular formula is C26H28N8. The van der Waals surface area contributed by atoms with E-state index in [2.05, 4.69) is 79.4 Å². The topological polar surface area (TPSA) is 89.6 Å². The Hall–Kier alpha value is -3.78. The molecule has 0 atom stereocenters. The summed E-state index contributed by atoms with van der Waals surface area (Å²) >= 11 is 0. The molecule has 6 rings (SSSR count). The van der Waals surface area contributed by atoms with Crippen LogP contribution in [-0.4, -0.2) is 62.2 Å². The Bertz CT molecular complexity index is 1460. The Morgan fingerprint density at radius 3 is 2.74 bits per heavy atom. The molecule has 0 radical (unpaired) electrons. The van der Waals surface area contributed by atoms with Crippen LogP contribution in [0.2, 0.25) is 0 Å². The third-order valence-electron chi connectivity index (χ3n) is 6.45. The molecule has 4 aromatic heterocycles. The van der Waals surface area contributed by atoms with E-state index < -0.39 is 0 Å². The number of H-pyrrole nitrogens is 2. The van der Waals surface area contributed by atoms with Crippen LogP contribution in [0.3, 0.4) is 0 Å². The third kappa shape index (κ3) is 3.80. The fraction of sp³-hybridized carbons (Fsp3) is 0.308. The molecule has 0 bridgehead atoms. The van der Waals surface area contributed by atoms with E-state index in [4.69, 9.17) is 4.98 Å². The third-order valence-corrected chi connectivity index (χ3v) is 6.45. The Kier molecular flexibility index (Phi) is 5.22. The molecule has 0 aliphatic carbocycles. The molecule has 34 heavy (non-hydrogen) atoms. The lowest BCUT2D eigenvalue weighted by atomic mass is 10.1. The number of aromatic amines is 2. The van der Waals surface area contributed by atoms with Crippen molar-refractivity contribution in [2.75, 3.05) is 32.1 Å². The molecule has 0 saturated carbocycles. The number of anilines is 1. The number of nitrogens with zero attached hydrogens (tertiary/aromatic N) is 6. The van der Waals surface area contributed by atoms with Crippen LogP contribution in [-0.2, 0) is 6.54 Å². The summed E-state index contributed by atoms with van der Waals surface area (Å²) in [6, 6.07) is 10.6. The lowest BCUT2D eigenvalue weighted by Gasteiger charge is -2.28. The molecule has 1 saturated heterocycles. The van der Waals surface area contributed by atoms with Gasteiger partial charge in [-0.1, -0.05) is 6.07 Å². The van der Waals surface area contributed by atoms with Crippen molar-refractivity contribution in [1.82, 2.24) is 35.0 Å². The standard InChI is InChI=1S/C26H28N8/c1-33(2)16-17-11-18(14-27-13-17)21-12-19-22(15-28-21)31-32-24(19)26-29-20-7-6-8-23(25(20)30-26)34-9-4-3-5-10-34/h6-8,11-15H,3-5,9-10,16H2,1-2H3,(H,29,30)(H,31,32). The molecule has 0 spiro atoms. The molecule has 0 amide bonds. The van der Waals surface area contributed by atoms with Gasteiger partial charge in [0.25, 0.3) is 0 Å². The van der Waals surface area contributed by atoms with Crippen molar-refractivity contribution in [3.63, 3.8) is 0 Å². The molecule has 1 aliphatic heterocycles. The number of hydrogen-bond acceptors (Lipinski definition) is 6. The molecule has 8 nitrogen and oxygen atoms in total. The van der Waals surface area contributed by atoms with E-state index in [1.54, 1.807) is 0 Å². The van der Waals surface area contributed by atoms with E-state index in [0.29, 0.717) is 0 Å². The second-order valence-electron chi connectivity index (χ2n) is 9.31. The van der Waals surface area contributed by atoms with Crippen molar-refractivity contribution in [3.8, 4) is 22.8 Å². The molecule has 1 aromatic carbocycles. The predicted octanol–water partition coefficient (Wildman–Crippen LogP) is 4.62. The summed E-state index contributed by atoms with van der Waals surface area (Å²) < 4.78 is 0. The molecule has 172 valence electrons. The average molecular weight is 453 g/mol. The summed E-state index contributed by atoms with van der Waals surface area (Å²) in [4.78, 5) is 22.2. The molecule has 0 unspecified atom stereocenters. The number of pyridine rings is 2. The summed E-state index contributed by atoms with van der Waals surface area (Å²) in [6.07, 6.45) is 9.37.